The van der Waals surface area contributed by atoms with E-state index in [0.29, 0.717) is 6.54 Å². The average molecular weight is 261 g/mol. The van der Waals surface area contributed by atoms with Gasteiger partial charge in [-0.15, -0.1) is 0 Å². The molecule has 1 aromatic rings. The molecule has 0 spiro atoms. The van der Waals surface area contributed by atoms with Crippen LogP contribution >= 0.6 is 0 Å². The van der Waals surface area contributed by atoms with Gasteiger partial charge in [0, 0.05) is 5.69 Å². The molecule has 19 heavy (non-hydrogen) atoms. The molecule has 0 atom stereocenters. The van der Waals surface area contributed by atoms with Crippen LogP contribution in [0.2, 0.25) is 0 Å². The maximum absolute atomic E-state index is 11.9. The van der Waals surface area contributed by atoms with E-state index in [1.807, 2.05) is 30.3 Å². The third kappa shape index (κ3) is 4.65. The maximum atomic E-state index is 11.9. The SMILES string of the molecule is NCCC1CCN(CC(=O)Nc2ccccc2)CC1. The van der Waals surface area contributed by atoms with Crippen molar-refractivity contribution in [3.05, 3.63) is 30.3 Å². The Kier molecular flexibility index (Phi) is 5.36. The van der Waals surface area contributed by atoms with Gasteiger partial charge in [0.2, 0.25) is 5.91 Å². The van der Waals surface area contributed by atoms with E-state index in [4.69, 9.17) is 5.73 Å². The molecule has 0 bridgehead atoms. The van der Waals surface area contributed by atoms with Crippen LogP contribution in [0.4, 0.5) is 5.69 Å². The molecule has 1 heterocycles. The Morgan fingerprint density at radius 2 is 1.95 bits per heavy atom. The molecule has 2 rings (SSSR count). The number of carbonyl (C=O) groups is 1. The number of nitrogens with two attached hydrogens (primary N) is 1. The van der Waals surface area contributed by atoms with Gasteiger partial charge in [0.05, 0.1) is 6.54 Å². The minimum atomic E-state index is 0.0727. The summed E-state index contributed by atoms with van der Waals surface area (Å²) in [4.78, 5) is 14.1. The third-order valence-corrected chi connectivity index (χ3v) is 3.71. The van der Waals surface area contributed by atoms with Gasteiger partial charge in [0.15, 0.2) is 0 Å². The zero-order chi connectivity index (χ0) is 13.5. The molecule has 0 aliphatic carbocycles. The number of benzene rings is 1. The Morgan fingerprint density at radius 1 is 1.26 bits per heavy atom. The van der Waals surface area contributed by atoms with E-state index >= 15 is 0 Å². The van der Waals surface area contributed by atoms with Crippen LogP contribution in [0.25, 0.3) is 0 Å². The molecular formula is C15H23N3O. The molecule has 1 saturated heterocycles. The number of hydrogen-bond donors (Lipinski definition) is 2. The minimum Gasteiger partial charge on any atom is -0.330 e. The quantitative estimate of drug-likeness (QED) is 0.848. The zero-order valence-electron chi connectivity index (χ0n) is 11.3. The van der Waals surface area contributed by atoms with E-state index in [2.05, 4.69) is 10.2 Å². The molecule has 3 N–H and O–H groups in total. The van der Waals surface area contributed by atoms with Gasteiger partial charge in [-0.25, -0.2) is 0 Å². The Labute approximate surface area is 115 Å². The highest BCUT2D eigenvalue weighted by Gasteiger charge is 2.20. The zero-order valence-corrected chi connectivity index (χ0v) is 11.3. The number of nitrogens with one attached hydrogen (secondary N) is 1. The number of amides is 1. The van der Waals surface area contributed by atoms with Gasteiger partial charge < -0.3 is 11.1 Å². The van der Waals surface area contributed by atoms with Crippen molar-refractivity contribution in [2.75, 3.05) is 31.5 Å². The highest BCUT2D eigenvalue weighted by atomic mass is 16.2. The number of carbonyl (C=O) groups excluding carboxylic acids is 1. The fourth-order valence-corrected chi connectivity index (χ4v) is 2.59. The van der Waals surface area contributed by atoms with Gasteiger partial charge in [-0.05, 0) is 56.9 Å². The Bertz CT molecular complexity index is 386. The van der Waals surface area contributed by atoms with E-state index in [1.54, 1.807) is 0 Å². The average Bonchev–Trinajstić information content (AvgIpc) is 2.42. The second-order valence-corrected chi connectivity index (χ2v) is 5.21. The molecule has 1 aromatic carbocycles. The number of likely N-dealkylation sites (tertiary alicyclic amines) is 1. The minimum absolute atomic E-state index is 0.0727. The van der Waals surface area contributed by atoms with Crippen LogP contribution in [0.15, 0.2) is 30.3 Å². The molecule has 4 nitrogen and oxygen atoms in total. The smallest absolute Gasteiger partial charge is 0.238 e. The van der Waals surface area contributed by atoms with Crippen molar-refractivity contribution in [2.24, 2.45) is 11.7 Å². The largest absolute Gasteiger partial charge is 0.330 e. The summed E-state index contributed by atoms with van der Waals surface area (Å²) in [6.07, 6.45) is 3.44. The number of rotatable bonds is 5. The van der Waals surface area contributed by atoms with Crippen LogP contribution in [0, 0.1) is 5.92 Å². The van der Waals surface area contributed by atoms with Crippen molar-refractivity contribution in [3.63, 3.8) is 0 Å². The molecule has 1 aliphatic heterocycles. The van der Waals surface area contributed by atoms with Crippen molar-refractivity contribution < 1.29 is 4.79 Å². The monoisotopic (exact) mass is 261 g/mol. The number of hydrogen-bond acceptors (Lipinski definition) is 3. The van der Waals surface area contributed by atoms with Crippen molar-refractivity contribution in [1.82, 2.24) is 4.90 Å². The second-order valence-electron chi connectivity index (χ2n) is 5.21. The predicted molar refractivity (Wildman–Crippen MR) is 77.9 cm³/mol. The van der Waals surface area contributed by atoms with Crippen molar-refractivity contribution in [2.45, 2.75) is 19.3 Å². The van der Waals surface area contributed by atoms with E-state index in [1.165, 1.54) is 0 Å². The normalized spacial score (nSPS) is 17.3. The van der Waals surface area contributed by atoms with E-state index in [-0.39, 0.29) is 5.91 Å². The summed E-state index contributed by atoms with van der Waals surface area (Å²) in [5.41, 5.74) is 6.45. The molecule has 104 valence electrons. The highest BCUT2D eigenvalue weighted by molar-refractivity contribution is 5.92. The molecule has 0 radical (unpaired) electrons. The standard InChI is InChI=1S/C15H23N3O/c16-9-6-13-7-10-18(11-8-13)12-15(19)17-14-4-2-1-3-5-14/h1-5,13H,6-12,16H2,(H,17,19). The summed E-state index contributed by atoms with van der Waals surface area (Å²) < 4.78 is 0. The van der Waals surface area contributed by atoms with Crippen molar-refractivity contribution >= 4 is 11.6 Å². The Balaban J connectivity index is 1.72. The fourth-order valence-electron chi connectivity index (χ4n) is 2.59. The van der Waals surface area contributed by atoms with Crippen LogP contribution in [-0.4, -0.2) is 37.0 Å². The molecular weight excluding hydrogens is 238 g/mol. The van der Waals surface area contributed by atoms with Crippen LogP contribution in [-0.2, 0) is 4.79 Å². The number of piperidine rings is 1. The first kappa shape index (κ1) is 14.0. The number of para-hydroxylation sites is 1. The Morgan fingerprint density at radius 3 is 2.58 bits per heavy atom. The molecule has 0 unspecified atom stereocenters. The summed E-state index contributed by atoms with van der Waals surface area (Å²) in [5.74, 6) is 0.821. The lowest BCUT2D eigenvalue weighted by Crippen LogP contribution is -2.39. The summed E-state index contributed by atoms with van der Waals surface area (Å²) >= 11 is 0. The van der Waals surface area contributed by atoms with Crippen LogP contribution in [0.3, 0.4) is 0 Å². The fraction of sp³-hybridized carbons (Fsp3) is 0.533. The van der Waals surface area contributed by atoms with Gasteiger partial charge in [0.25, 0.3) is 0 Å². The first-order valence-electron chi connectivity index (χ1n) is 7.05. The van der Waals surface area contributed by atoms with Crippen molar-refractivity contribution in [3.8, 4) is 0 Å². The third-order valence-electron chi connectivity index (χ3n) is 3.71. The van der Waals surface area contributed by atoms with Crippen LogP contribution in [0.5, 0.6) is 0 Å². The van der Waals surface area contributed by atoms with Gasteiger partial charge in [-0.2, -0.15) is 0 Å². The lowest BCUT2D eigenvalue weighted by molar-refractivity contribution is -0.117. The first-order valence-corrected chi connectivity index (χ1v) is 7.05. The molecule has 4 heteroatoms. The van der Waals surface area contributed by atoms with Gasteiger partial charge in [-0.3, -0.25) is 9.69 Å². The van der Waals surface area contributed by atoms with Crippen LogP contribution in [0.1, 0.15) is 19.3 Å². The highest BCUT2D eigenvalue weighted by Crippen LogP contribution is 2.19. The molecule has 0 aromatic heterocycles. The van der Waals surface area contributed by atoms with Crippen molar-refractivity contribution in [1.29, 1.82) is 0 Å². The summed E-state index contributed by atoms with van der Waals surface area (Å²) in [6.45, 7) is 3.28. The molecule has 0 saturated carbocycles. The lowest BCUT2D eigenvalue weighted by Gasteiger charge is -2.31. The molecule has 1 aliphatic rings. The van der Waals surface area contributed by atoms with Crippen LogP contribution < -0.4 is 11.1 Å². The summed E-state index contributed by atoms with van der Waals surface area (Å²) in [7, 11) is 0. The second kappa shape index (κ2) is 7.26. The first-order chi connectivity index (χ1) is 9.28. The topological polar surface area (TPSA) is 58.4 Å². The van der Waals surface area contributed by atoms with Gasteiger partial charge >= 0.3 is 0 Å². The van der Waals surface area contributed by atoms with E-state index in [9.17, 15) is 4.79 Å². The number of anilines is 1. The summed E-state index contributed by atoms with van der Waals surface area (Å²) in [5, 5.41) is 2.92. The van der Waals surface area contributed by atoms with Gasteiger partial charge in [-0.1, -0.05) is 18.2 Å². The maximum Gasteiger partial charge on any atom is 0.238 e. The molecule has 1 amide bonds. The Hall–Kier alpha value is -1.39. The van der Waals surface area contributed by atoms with E-state index in [0.717, 1.165) is 50.5 Å². The lowest BCUT2D eigenvalue weighted by atomic mass is 9.94. The molecule has 1 fully saturated rings. The van der Waals surface area contributed by atoms with Gasteiger partial charge in [0.1, 0.15) is 0 Å². The summed E-state index contributed by atoms with van der Waals surface area (Å²) in [6, 6.07) is 9.61. The predicted octanol–water partition coefficient (Wildman–Crippen LogP) is 1.69. The number of nitrogens with zero attached hydrogens (tertiary/aromatic N) is 1. The van der Waals surface area contributed by atoms with E-state index < -0.39 is 0 Å².